The van der Waals surface area contributed by atoms with Crippen molar-refractivity contribution in [2.75, 3.05) is 0 Å². The van der Waals surface area contributed by atoms with Crippen molar-refractivity contribution in [3.63, 3.8) is 0 Å². The summed E-state index contributed by atoms with van der Waals surface area (Å²) < 4.78 is 0. The Hall–Kier alpha value is -0.520. The summed E-state index contributed by atoms with van der Waals surface area (Å²) in [7, 11) is 0. The van der Waals surface area contributed by atoms with Crippen molar-refractivity contribution in [2.45, 2.75) is 46.5 Å². The molecule has 0 aromatic rings. The van der Waals surface area contributed by atoms with E-state index in [9.17, 15) is 0 Å². The van der Waals surface area contributed by atoms with E-state index < -0.39 is 0 Å². The summed E-state index contributed by atoms with van der Waals surface area (Å²) in [6.45, 7) is 12.2. The van der Waals surface area contributed by atoms with Crippen LogP contribution < -0.4 is 0 Å². The molecule has 5 fully saturated rings. The largest absolute Gasteiger partial charge is 0.103 e. The molecule has 0 amide bonds. The van der Waals surface area contributed by atoms with Gasteiger partial charge in [0.2, 0.25) is 0 Å². The number of fused-ring (bicyclic) bond motifs is 16. The first-order valence-electron chi connectivity index (χ1n) is 9.73. The zero-order valence-corrected chi connectivity index (χ0v) is 14.4. The van der Waals surface area contributed by atoms with E-state index in [2.05, 4.69) is 45.6 Å². The molecule has 0 N–H and O–H groups in total. The summed E-state index contributed by atoms with van der Waals surface area (Å²) in [6.07, 6.45) is 13.5. The minimum atomic E-state index is 0.554. The highest BCUT2D eigenvalue weighted by Gasteiger charge is 2.78. The second kappa shape index (κ2) is 3.31. The van der Waals surface area contributed by atoms with Crippen LogP contribution >= 0.6 is 0 Å². The van der Waals surface area contributed by atoms with E-state index in [1.807, 2.05) is 0 Å². The summed E-state index contributed by atoms with van der Waals surface area (Å²) in [5.74, 6) is 7.86. The number of hydrogen-bond donors (Lipinski definition) is 0. The van der Waals surface area contributed by atoms with E-state index in [0.717, 1.165) is 47.3 Å². The SMILES string of the molecule is C=CC1CC2(C)CC1C1C2C2CC1(C)C1C3C=CC(C)(C3)C21. The molecule has 0 heteroatoms. The van der Waals surface area contributed by atoms with Crippen LogP contribution in [0.1, 0.15) is 46.5 Å². The highest BCUT2D eigenvalue weighted by atomic mass is 14.8. The molecule has 6 aliphatic carbocycles. The van der Waals surface area contributed by atoms with Gasteiger partial charge in [-0.2, -0.15) is 0 Å². The molecule has 0 aliphatic heterocycles. The van der Waals surface area contributed by atoms with Gasteiger partial charge >= 0.3 is 0 Å². The van der Waals surface area contributed by atoms with E-state index in [4.69, 9.17) is 0 Å². The van der Waals surface area contributed by atoms with E-state index in [1.165, 1.54) is 19.3 Å². The Morgan fingerprint density at radius 3 is 2.50 bits per heavy atom. The smallest absolute Gasteiger partial charge is 0.0107 e. The van der Waals surface area contributed by atoms with Crippen LogP contribution in [0.4, 0.5) is 0 Å². The lowest BCUT2D eigenvalue weighted by molar-refractivity contribution is -0.0461. The van der Waals surface area contributed by atoms with E-state index >= 15 is 0 Å². The molecule has 6 bridgehead atoms. The zero-order chi connectivity index (χ0) is 15.1. The van der Waals surface area contributed by atoms with Gasteiger partial charge in [0, 0.05) is 0 Å². The molecule has 0 heterocycles. The predicted molar refractivity (Wildman–Crippen MR) is 90.0 cm³/mol. The monoisotopic (exact) mass is 294 g/mol. The van der Waals surface area contributed by atoms with Crippen molar-refractivity contribution in [2.24, 2.45) is 63.6 Å². The molecular formula is C22H30. The number of rotatable bonds is 1. The predicted octanol–water partition coefficient (Wildman–Crippen LogP) is 5.32. The molecule has 22 heavy (non-hydrogen) atoms. The van der Waals surface area contributed by atoms with Crippen LogP contribution in [0.5, 0.6) is 0 Å². The van der Waals surface area contributed by atoms with Gasteiger partial charge < -0.3 is 0 Å². The Bertz CT molecular complexity index is 616. The molecule has 6 rings (SSSR count). The maximum Gasteiger partial charge on any atom is -0.0107 e. The van der Waals surface area contributed by atoms with E-state index in [-0.39, 0.29) is 0 Å². The van der Waals surface area contributed by atoms with Gasteiger partial charge in [-0.3, -0.25) is 0 Å². The summed E-state index contributed by atoms with van der Waals surface area (Å²) in [6, 6.07) is 0. The highest BCUT2D eigenvalue weighted by Crippen LogP contribution is 2.84. The summed E-state index contributed by atoms with van der Waals surface area (Å²) in [5.41, 5.74) is 1.85. The first-order valence-corrected chi connectivity index (χ1v) is 9.73. The van der Waals surface area contributed by atoms with Crippen molar-refractivity contribution < 1.29 is 0 Å². The minimum absolute atomic E-state index is 0.554. The van der Waals surface area contributed by atoms with Gasteiger partial charge in [0.05, 0.1) is 0 Å². The Morgan fingerprint density at radius 1 is 0.909 bits per heavy atom. The standard InChI is InChI=1S/C22H30/c1-5-12-8-21(3)10-14(12)19-18(21)15-11-22(19,4)16-13-6-7-20(2,9-13)17(15)16/h5-7,12-19H,1,8-11H2,2-4H3. The van der Waals surface area contributed by atoms with Gasteiger partial charge in [0.25, 0.3) is 0 Å². The Morgan fingerprint density at radius 2 is 1.73 bits per heavy atom. The summed E-state index contributed by atoms with van der Waals surface area (Å²) in [4.78, 5) is 0. The van der Waals surface area contributed by atoms with Crippen LogP contribution in [0.15, 0.2) is 24.8 Å². The molecule has 0 nitrogen and oxygen atoms in total. The first-order chi connectivity index (χ1) is 10.4. The molecule has 6 aliphatic rings. The zero-order valence-electron chi connectivity index (χ0n) is 14.4. The Balaban J connectivity index is 1.51. The lowest BCUT2D eigenvalue weighted by Crippen LogP contribution is -2.49. The number of allylic oxidation sites excluding steroid dienone is 3. The maximum atomic E-state index is 4.20. The molecule has 118 valence electrons. The molecule has 0 radical (unpaired) electrons. The second-order valence-electron chi connectivity index (χ2n) is 10.8. The third-order valence-electron chi connectivity index (χ3n) is 10.0. The van der Waals surface area contributed by atoms with Crippen LogP contribution in [0.3, 0.4) is 0 Å². The molecule has 0 aromatic heterocycles. The molecule has 0 saturated heterocycles. The quantitative estimate of drug-likeness (QED) is 0.453. The van der Waals surface area contributed by atoms with Crippen LogP contribution in [0.2, 0.25) is 0 Å². The second-order valence-corrected chi connectivity index (χ2v) is 10.8. The lowest BCUT2D eigenvalue weighted by Gasteiger charge is -2.53. The van der Waals surface area contributed by atoms with Crippen LogP contribution in [0, 0.1) is 63.6 Å². The van der Waals surface area contributed by atoms with Gasteiger partial charge in [-0.15, -0.1) is 6.58 Å². The van der Waals surface area contributed by atoms with Crippen molar-refractivity contribution in [3.05, 3.63) is 24.8 Å². The molecule has 11 unspecified atom stereocenters. The van der Waals surface area contributed by atoms with E-state index in [1.54, 1.807) is 6.42 Å². The van der Waals surface area contributed by atoms with Gasteiger partial charge in [-0.25, -0.2) is 0 Å². The van der Waals surface area contributed by atoms with Gasteiger partial charge in [-0.05, 0) is 89.3 Å². The molecule has 5 saturated carbocycles. The van der Waals surface area contributed by atoms with Crippen LogP contribution in [0.25, 0.3) is 0 Å². The van der Waals surface area contributed by atoms with Crippen molar-refractivity contribution in [1.82, 2.24) is 0 Å². The number of hydrogen-bond acceptors (Lipinski definition) is 0. The van der Waals surface area contributed by atoms with Crippen LogP contribution in [-0.4, -0.2) is 0 Å². The van der Waals surface area contributed by atoms with E-state index in [0.29, 0.717) is 16.2 Å². The fourth-order valence-corrected chi connectivity index (χ4v) is 10.1. The summed E-state index contributed by atoms with van der Waals surface area (Å²) in [5, 5.41) is 0. The fourth-order valence-electron chi connectivity index (χ4n) is 10.1. The van der Waals surface area contributed by atoms with Crippen molar-refractivity contribution in [1.29, 1.82) is 0 Å². The third-order valence-corrected chi connectivity index (χ3v) is 10.0. The van der Waals surface area contributed by atoms with Gasteiger partial charge in [0.15, 0.2) is 0 Å². The first kappa shape index (κ1) is 12.8. The van der Waals surface area contributed by atoms with Crippen LogP contribution in [-0.2, 0) is 0 Å². The Kier molecular flexibility index (Phi) is 1.93. The normalized spacial score (nSPS) is 72.1. The van der Waals surface area contributed by atoms with Crippen molar-refractivity contribution in [3.8, 4) is 0 Å². The molecular weight excluding hydrogens is 264 g/mol. The highest BCUT2D eigenvalue weighted by molar-refractivity contribution is 5.33. The van der Waals surface area contributed by atoms with Gasteiger partial charge in [-0.1, -0.05) is 39.0 Å². The average Bonchev–Trinajstić information content (AvgIpc) is 3.21. The maximum absolute atomic E-state index is 4.20. The fraction of sp³-hybridized carbons (Fsp3) is 0.818. The van der Waals surface area contributed by atoms with Crippen molar-refractivity contribution >= 4 is 0 Å². The lowest BCUT2D eigenvalue weighted by atomic mass is 9.51. The van der Waals surface area contributed by atoms with Gasteiger partial charge in [0.1, 0.15) is 0 Å². The molecule has 11 atom stereocenters. The topological polar surface area (TPSA) is 0 Å². The minimum Gasteiger partial charge on any atom is -0.103 e. The molecule has 0 spiro atoms. The molecule has 0 aromatic carbocycles. The Labute approximate surface area is 135 Å². The third kappa shape index (κ3) is 1.05. The summed E-state index contributed by atoms with van der Waals surface area (Å²) >= 11 is 0. The average molecular weight is 294 g/mol.